The molecule has 0 spiro atoms. The normalized spacial score (nSPS) is 19.3. The SMILES string of the molecule is CCNc1ccc(Cl)c(C(=O)NC2CCCN(CC)C2)n1. The lowest BCUT2D eigenvalue weighted by molar-refractivity contribution is 0.0901. The van der Waals surface area contributed by atoms with Gasteiger partial charge in [-0.1, -0.05) is 18.5 Å². The number of halogens is 1. The molecule has 2 rings (SSSR count). The Morgan fingerprint density at radius 2 is 2.29 bits per heavy atom. The first-order chi connectivity index (χ1) is 10.1. The summed E-state index contributed by atoms with van der Waals surface area (Å²) in [5.41, 5.74) is 0.295. The van der Waals surface area contributed by atoms with Crippen LogP contribution in [0.4, 0.5) is 5.82 Å². The molecular weight excluding hydrogens is 288 g/mol. The number of amides is 1. The maximum absolute atomic E-state index is 12.4. The van der Waals surface area contributed by atoms with Crippen molar-refractivity contribution in [2.75, 3.05) is 31.5 Å². The average molecular weight is 311 g/mol. The molecule has 1 fully saturated rings. The van der Waals surface area contributed by atoms with E-state index in [4.69, 9.17) is 11.6 Å². The average Bonchev–Trinajstić information content (AvgIpc) is 2.49. The van der Waals surface area contributed by atoms with Gasteiger partial charge >= 0.3 is 0 Å². The van der Waals surface area contributed by atoms with Gasteiger partial charge in [0.05, 0.1) is 5.02 Å². The van der Waals surface area contributed by atoms with Crippen LogP contribution in [0.1, 0.15) is 37.2 Å². The molecule has 1 aromatic rings. The van der Waals surface area contributed by atoms with Crippen molar-refractivity contribution >= 4 is 23.3 Å². The summed E-state index contributed by atoms with van der Waals surface area (Å²) in [4.78, 5) is 19.0. The number of rotatable bonds is 5. The number of nitrogens with zero attached hydrogens (tertiary/aromatic N) is 2. The molecule has 21 heavy (non-hydrogen) atoms. The number of hydrogen-bond acceptors (Lipinski definition) is 4. The van der Waals surface area contributed by atoms with Gasteiger partial charge in [-0.25, -0.2) is 4.98 Å². The highest BCUT2D eigenvalue weighted by atomic mass is 35.5. The Balaban J connectivity index is 2.04. The van der Waals surface area contributed by atoms with Crippen molar-refractivity contribution < 1.29 is 4.79 Å². The van der Waals surface area contributed by atoms with E-state index in [-0.39, 0.29) is 11.9 Å². The number of pyridine rings is 1. The number of aromatic nitrogens is 1. The Labute approximate surface area is 131 Å². The molecule has 1 atom stereocenters. The molecule has 0 aromatic carbocycles. The van der Waals surface area contributed by atoms with Crippen LogP contribution in [0.3, 0.4) is 0 Å². The molecule has 6 heteroatoms. The van der Waals surface area contributed by atoms with Crippen molar-refractivity contribution in [1.82, 2.24) is 15.2 Å². The fourth-order valence-corrected chi connectivity index (χ4v) is 2.79. The second kappa shape index (κ2) is 7.61. The summed E-state index contributed by atoms with van der Waals surface area (Å²) in [6.45, 7) is 7.90. The van der Waals surface area contributed by atoms with Gasteiger partial charge in [-0.05, 0) is 45.0 Å². The van der Waals surface area contributed by atoms with E-state index in [1.807, 2.05) is 6.92 Å². The third-order valence-corrected chi connectivity index (χ3v) is 4.01. The molecule has 0 aliphatic carbocycles. The van der Waals surface area contributed by atoms with Crippen LogP contribution in [0.2, 0.25) is 5.02 Å². The second-order valence-electron chi connectivity index (χ2n) is 5.26. The standard InChI is InChI=1S/C15H23ClN4O/c1-3-17-13-8-7-12(16)14(19-13)15(21)18-11-6-5-9-20(4-2)10-11/h7-8,11H,3-6,9-10H2,1-2H3,(H,17,19)(H,18,21). The van der Waals surface area contributed by atoms with Gasteiger partial charge in [-0.2, -0.15) is 0 Å². The van der Waals surface area contributed by atoms with Crippen LogP contribution in [0.15, 0.2) is 12.1 Å². The Morgan fingerprint density at radius 1 is 1.48 bits per heavy atom. The van der Waals surface area contributed by atoms with Crippen molar-refractivity contribution in [1.29, 1.82) is 0 Å². The molecule has 1 unspecified atom stereocenters. The van der Waals surface area contributed by atoms with E-state index in [1.54, 1.807) is 12.1 Å². The number of anilines is 1. The van der Waals surface area contributed by atoms with Crippen molar-refractivity contribution in [3.05, 3.63) is 22.8 Å². The van der Waals surface area contributed by atoms with E-state index in [9.17, 15) is 4.79 Å². The smallest absolute Gasteiger partial charge is 0.271 e. The molecule has 0 saturated carbocycles. The van der Waals surface area contributed by atoms with E-state index in [0.29, 0.717) is 16.5 Å². The van der Waals surface area contributed by atoms with E-state index < -0.39 is 0 Å². The first kappa shape index (κ1) is 16.0. The molecule has 2 heterocycles. The number of likely N-dealkylation sites (N-methyl/N-ethyl adjacent to an activating group) is 1. The minimum Gasteiger partial charge on any atom is -0.370 e. The molecule has 5 nitrogen and oxygen atoms in total. The van der Waals surface area contributed by atoms with Gasteiger partial charge in [0.2, 0.25) is 0 Å². The van der Waals surface area contributed by atoms with Gasteiger partial charge in [0.15, 0.2) is 0 Å². The highest BCUT2D eigenvalue weighted by Gasteiger charge is 2.22. The number of piperidine rings is 1. The van der Waals surface area contributed by atoms with Gasteiger partial charge < -0.3 is 15.5 Å². The summed E-state index contributed by atoms with van der Waals surface area (Å²) < 4.78 is 0. The highest BCUT2D eigenvalue weighted by Crippen LogP contribution is 2.17. The molecule has 0 radical (unpaired) electrons. The van der Waals surface area contributed by atoms with Crippen LogP contribution in [0.5, 0.6) is 0 Å². The van der Waals surface area contributed by atoms with Crippen LogP contribution in [-0.2, 0) is 0 Å². The molecular formula is C15H23ClN4O. The Morgan fingerprint density at radius 3 is 3.00 bits per heavy atom. The first-order valence-corrected chi connectivity index (χ1v) is 7.95. The predicted molar refractivity (Wildman–Crippen MR) is 86.0 cm³/mol. The minimum absolute atomic E-state index is 0.173. The minimum atomic E-state index is -0.192. The third-order valence-electron chi connectivity index (χ3n) is 3.71. The quantitative estimate of drug-likeness (QED) is 0.877. The maximum Gasteiger partial charge on any atom is 0.271 e. The van der Waals surface area contributed by atoms with Crippen LogP contribution in [0, 0.1) is 0 Å². The van der Waals surface area contributed by atoms with Gasteiger partial charge in [-0.15, -0.1) is 0 Å². The lowest BCUT2D eigenvalue weighted by Crippen LogP contribution is -2.47. The van der Waals surface area contributed by atoms with Crippen molar-refractivity contribution in [2.45, 2.75) is 32.7 Å². The zero-order valence-corrected chi connectivity index (χ0v) is 13.4. The van der Waals surface area contributed by atoms with Crippen LogP contribution in [0.25, 0.3) is 0 Å². The number of carbonyl (C=O) groups is 1. The number of nitrogens with one attached hydrogen (secondary N) is 2. The number of likely N-dealkylation sites (tertiary alicyclic amines) is 1. The Kier molecular flexibility index (Phi) is 5.82. The summed E-state index contributed by atoms with van der Waals surface area (Å²) >= 11 is 6.10. The highest BCUT2D eigenvalue weighted by molar-refractivity contribution is 6.33. The van der Waals surface area contributed by atoms with E-state index >= 15 is 0 Å². The summed E-state index contributed by atoms with van der Waals surface area (Å²) in [5.74, 6) is 0.480. The van der Waals surface area contributed by atoms with Crippen molar-refractivity contribution in [2.24, 2.45) is 0 Å². The van der Waals surface area contributed by atoms with Crippen molar-refractivity contribution in [3.63, 3.8) is 0 Å². The zero-order valence-electron chi connectivity index (χ0n) is 12.7. The Hall–Kier alpha value is -1.33. The topological polar surface area (TPSA) is 57.3 Å². The fraction of sp³-hybridized carbons (Fsp3) is 0.600. The van der Waals surface area contributed by atoms with Gasteiger partial charge in [0, 0.05) is 19.1 Å². The molecule has 116 valence electrons. The molecule has 1 saturated heterocycles. The summed E-state index contributed by atoms with van der Waals surface area (Å²) in [6, 6.07) is 3.66. The van der Waals surface area contributed by atoms with E-state index in [0.717, 1.165) is 39.0 Å². The monoisotopic (exact) mass is 310 g/mol. The molecule has 1 amide bonds. The van der Waals surface area contributed by atoms with Gasteiger partial charge in [0.25, 0.3) is 5.91 Å². The Bertz CT molecular complexity index is 495. The third kappa shape index (κ3) is 4.32. The summed E-state index contributed by atoms with van der Waals surface area (Å²) in [7, 11) is 0. The van der Waals surface area contributed by atoms with Crippen LogP contribution < -0.4 is 10.6 Å². The molecule has 1 aromatic heterocycles. The van der Waals surface area contributed by atoms with Gasteiger partial charge in [-0.3, -0.25) is 4.79 Å². The number of hydrogen-bond donors (Lipinski definition) is 2. The number of carbonyl (C=O) groups excluding carboxylic acids is 1. The van der Waals surface area contributed by atoms with Crippen molar-refractivity contribution in [3.8, 4) is 0 Å². The van der Waals surface area contributed by atoms with Gasteiger partial charge in [0.1, 0.15) is 11.5 Å². The summed E-state index contributed by atoms with van der Waals surface area (Å²) in [5, 5.41) is 6.53. The lowest BCUT2D eigenvalue weighted by Gasteiger charge is -2.32. The fourth-order valence-electron chi connectivity index (χ4n) is 2.60. The first-order valence-electron chi connectivity index (χ1n) is 7.57. The summed E-state index contributed by atoms with van der Waals surface area (Å²) in [6.07, 6.45) is 2.12. The maximum atomic E-state index is 12.4. The molecule has 0 bridgehead atoms. The predicted octanol–water partition coefficient (Wildman–Crippen LogP) is 2.38. The van der Waals surface area contributed by atoms with E-state index in [2.05, 4.69) is 27.4 Å². The van der Waals surface area contributed by atoms with Crippen LogP contribution >= 0.6 is 11.6 Å². The molecule has 1 aliphatic rings. The molecule has 2 N–H and O–H groups in total. The second-order valence-corrected chi connectivity index (χ2v) is 5.67. The van der Waals surface area contributed by atoms with E-state index in [1.165, 1.54) is 0 Å². The largest absolute Gasteiger partial charge is 0.370 e. The molecule has 1 aliphatic heterocycles. The van der Waals surface area contributed by atoms with Crippen LogP contribution in [-0.4, -0.2) is 48.0 Å². The zero-order chi connectivity index (χ0) is 15.2. The lowest BCUT2D eigenvalue weighted by atomic mass is 10.1.